The highest BCUT2D eigenvalue weighted by atomic mass is 15.1. The molecule has 1 aromatic heterocycles. The van der Waals surface area contributed by atoms with Gasteiger partial charge in [0.15, 0.2) is 0 Å². The van der Waals surface area contributed by atoms with Crippen LogP contribution in [-0.2, 0) is 6.42 Å². The van der Waals surface area contributed by atoms with Crippen LogP contribution in [0.5, 0.6) is 0 Å². The predicted octanol–water partition coefficient (Wildman–Crippen LogP) is 3.60. The van der Waals surface area contributed by atoms with Crippen molar-refractivity contribution in [3.05, 3.63) is 47.3 Å². The Bertz CT molecular complexity index is 593. The van der Waals surface area contributed by atoms with Gasteiger partial charge in [0.1, 0.15) is 18.0 Å². The highest BCUT2D eigenvalue weighted by molar-refractivity contribution is 5.58. The SMILES string of the molecule is CNc1ncnc(NCCc2cccc(C)c2)c1C(C)C. The maximum atomic E-state index is 4.40. The maximum absolute atomic E-state index is 4.40. The topological polar surface area (TPSA) is 49.8 Å². The molecule has 0 saturated carbocycles. The highest BCUT2D eigenvalue weighted by Crippen LogP contribution is 2.27. The van der Waals surface area contributed by atoms with Gasteiger partial charge in [-0.3, -0.25) is 0 Å². The molecule has 2 N–H and O–H groups in total. The summed E-state index contributed by atoms with van der Waals surface area (Å²) in [6, 6.07) is 8.62. The lowest BCUT2D eigenvalue weighted by molar-refractivity contribution is 0.845. The van der Waals surface area contributed by atoms with Crippen molar-refractivity contribution in [1.29, 1.82) is 0 Å². The summed E-state index contributed by atoms with van der Waals surface area (Å²) in [6.07, 6.45) is 2.59. The number of aryl methyl sites for hydroxylation is 1. The van der Waals surface area contributed by atoms with Gasteiger partial charge in [0.25, 0.3) is 0 Å². The van der Waals surface area contributed by atoms with Crippen molar-refractivity contribution >= 4 is 11.6 Å². The Labute approximate surface area is 127 Å². The molecule has 0 amide bonds. The fourth-order valence-corrected chi connectivity index (χ4v) is 2.48. The molecular weight excluding hydrogens is 260 g/mol. The van der Waals surface area contributed by atoms with Crippen molar-refractivity contribution in [2.45, 2.75) is 33.1 Å². The first-order valence-electron chi connectivity index (χ1n) is 7.44. The van der Waals surface area contributed by atoms with Gasteiger partial charge in [-0.1, -0.05) is 43.7 Å². The van der Waals surface area contributed by atoms with E-state index >= 15 is 0 Å². The van der Waals surface area contributed by atoms with Gasteiger partial charge in [-0.25, -0.2) is 9.97 Å². The van der Waals surface area contributed by atoms with Gasteiger partial charge in [-0.05, 0) is 24.8 Å². The molecule has 0 spiro atoms. The first-order valence-corrected chi connectivity index (χ1v) is 7.44. The van der Waals surface area contributed by atoms with Crippen molar-refractivity contribution < 1.29 is 0 Å². The second-order valence-corrected chi connectivity index (χ2v) is 5.56. The standard InChI is InChI=1S/C17H24N4/c1-12(2)15-16(18-4)20-11-21-17(15)19-9-8-14-7-5-6-13(3)10-14/h5-7,10-12H,8-9H2,1-4H3,(H2,18,19,20,21). The third-order valence-electron chi connectivity index (χ3n) is 3.49. The first kappa shape index (κ1) is 15.3. The van der Waals surface area contributed by atoms with Crippen molar-refractivity contribution in [3.63, 3.8) is 0 Å². The van der Waals surface area contributed by atoms with Gasteiger partial charge in [0, 0.05) is 19.2 Å². The van der Waals surface area contributed by atoms with Crippen LogP contribution < -0.4 is 10.6 Å². The molecule has 0 aliphatic rings. The zero-order valence-electron chi connectivity index (χ0n) is 13.3. The van der Waals surface area contributed by atoms with Crippen LogP contribution >= 0.6 is 0 Å². The number of anilines is 2. The lowest BCUT2D eigenvalue weighted by Gasteiger charge is -2.16. The fourth-order valence-electron chi connectivity index (χ4n) is 2.48. The number of hydrogen-bond acceptors (Lipinski definition) is 4. The number of rotatable bonds is 6. The molecule has 4 heteroatoms. The Morgan fingerprint density at radius 2 is 1.90 bits per heavy atom. The molecule has 0 atom stereocenters. The van der Waals surface area contributed by atoms with E-state index in [1.165, 1.54) is 11.1 Å². The predicted molar refractivity (Wildman–Crippen MR) is 89.0 cm³/mol. The molecule has 1 aromatic carbocycles. The van der Waals surface area contributed by atoms with Crippen LogP contribution in [0.15, 0.2) is 30.6 Å². The fraction of sp³-hybridized carbons (Fsp3) is 0.412. The lowest BCUT2D eigenvalue weighted by Crippen LogP contribution is -2.12. The highest BCUT2D eigenvalue weighted by Gasteiger charge is 2.13. The largest absolute Gasteiger partial charge is 0.373 e. The smallest absolute Gasteiger partial charge is 0.134 e. The van der Waals surface area contributed by atoms with Crippen LogP contribution in [0.25, 0.3) is 0 Å². The molecule has 0 saturated heterocycles. The van der Waals surface area contributed by atoms with Crippen LogP contribution in [-0.4, -0.2) is 23.6 Å². The molecule has 0 aliphatic carbocycles. The Balaban J connectivity index is 2.06. The quantitative estimate of drug-likeness (QED) is 0.851. The van der Waals surface area contributed by atoms with E-state index < -0.39 is 0 Å². The van der Waals surface area contributed by atoms with Crippen molar-refractivity contribution in [1.82, 2.24) is 9.97 Å². The minimum Gasteiger partial charge on any atom is -0.373 e. The Morgan fingerprint density at radius 1 is 1.14 bits per heavy atom. The van der Waals surface area contributed by atoms with Gasteiger partial charge in [0.05, 0.1) is 0 Å². The summed E-state index contributed by atoms with van der Waals surface area (Å²) < 4.78 is 0. The third kappa shape index (κ3) is 3.94. The average Bonchev–Trinajstić information content (AvgIpc) is 2.46. The van der Waals surface area contributed by atoms with Crippen LogP contribution in [0.1, 0.15) is 36.5 Å². The van der Waals surface area contributed by atoms with Gasteiger partial charge in [-0.2, -0.15) is 0 Å². The molecule has 0 bridgehead atoms. The summed E-state index contributed by atoms with van der Waals surface area (Å²) in [5, 5.41) is 6.59. The summed E-state index contributed by atoms with van der Waals surface area (Å²) >= 11 is 0. The zero-order chi connectivity index (χ0) is 15.2. The van der Waals surface area contributed by atoms with Crippen molar-refractivity contribution in [2.75, 3.05) is 24.2 Å². The number of benzene rings is 1. The maximum Gasteiger partial charge on any atom is 0.134 e. The Kier molecular flexibility index (Phi) is 5.14. The van der Waals surface area contributed by atoms with E-state index in [9.17, 15) is 0 Å². The van der Waals surface area contributed by atoms with E-state index in [4.69, 9.17) is 0 Å². The molecule has 2 rings (SSSR count). The first-order chi connectivity index (χ1) is 10.1. The second kappa shape index (κ2) is 7.07. The number of nitrogens with one attached hydrogen (secondary N) is 2. The molecule has 2 aromatic rings. The van der Waals surface area contributed by atoms with E-state index in [2.05, 4.69) is 65.6 Å². The molecule has 1 heterocycles. The number of hydrogen-bond donors (Lipinski definition) is 2. The van der Waals surface area contributed by atoms with E-state index in [-0.39, 0.29) is 0 Å². The number of aromatic nitrogens is 2. The van der Waals surface area contributed by atoms with Gasteiger partial charge in [-0.15, -0.1) is 0 Å². The van der Waals surface area contributed by atoms with Gasteiger partial charge < -0.3 is 10.6 Å². The molecule has 21 heavy (non-hydrogen) atoms. The number of nitrogens with zero attached hydrogens (tertiary/aromatic N) is 2. The Morgan fingerprint density at radius 3 is 2.57 bits per heavy atom. The average molecular weight is 284 g/mol. The molecule has 0 unspecified atom stereocenters. The van der Waals surface area contributed by atoms with Gasteiger partial charge >= 0.3 is 0 Å². The lowest BCUT2D eigenvalue weighted by atomic mass is 10.0. The van der Waals surface area contributed by atoms with Crippen LogP contribution in [0.2, 0.25) is 0 Å². The molecule has 0 aliphatic heterocycles. The molecule has 112 valence electrons. The monoisotopic (exact) mass is 284 g/mol. The van der Waals surface area contributed by atoms with E-state index in [1.54, 1.807) is 6.33 Å². The van der Waals surface area contributed by atoms with E-state index in [0.717, 1.165) is 30.2 Å². The van der Waals surface area contributed by atoms with Crippen LogP contribution in [0, 0.1) is 6.92 Å². The summed E-state index contributed by atoms with van der Waals surface area (Å²) in [7, 11) is 1.89. The summed E-state index contributed by atoms with van der Waals surface area (Å²) in [6.45, 7) is 7.30. The normalized spacial score (nSPS) is 10.7. The minimum absolute atomic E-state index is 0.370. The van der Waals surface area contributed by atoms with Crippen molar-refractivity contribution in [2.24, 2.45) is 0 Å². The molecule has 0 fully saturated rings. The van der Waals surface area contributed by atoms with Gasteiger partial charge in [0.2, 0.25) is 0 Å². The van der Waals surface area contributed by atoms with Crippen LogP contribution in [0.3, 0.4) is 0 Å². The minimum atomic E-state index is 0.370. The summed E-state index contributed by atoms with van der Waals surface area (Å²) in [4.78, 5) is 8.69. The van der Waals surface area contributed by atoms with Crippen molar-refractivity contribution in [3.8, 4) is 0 Å². The zero-order valence-corrected chi connectivity index (χ0v) is 13.3. The van der Waals surface area contributed by atoms with E-state index in [0.29, 0.717) is 5.92 Å². The summed E-state index contributed by atoms with van der Waals surface area (Å²) in [5.41, 5.74) is 3.79. The van der Waals surface area contributed by atoms with Crippen LogP contribution in [0.4, 0.5) is 11.6 Å². The molecular formula is C17H24N4. The van der Waals surface area contributed by atoms with E-state index in [1.807, 2.05) is 7.05 Å². The summed E-state index contributed by atoms with van der Waals surface area (Å²) in [5.74, 6) is 2.20. The second-order valence-electron chi connectivity index (χ2n) is 5.56. The molecule has 0 radical (unpaired) electrons. The Hall–Kier alpha value is -2.10. The third-order valence-corrected chi connectivity index (χ3v) is 3.49. The molecule has 4 nitrogen and oxygen atoms in total.